The number of aliphatic hydroxyl groups is 1. The first kappa shape index (κ1) is 11.3. The lowest BCUT2D eigenvalue weighted by molar-refractivity contribution is 0.191. The summed E-state index contributed by atoms with van der Waals surface area (Å²) in [6, 6.07) is 7.01. The van der Waals surface area contributed by atoms with Gasteiger partial charge in [0.05, 0.1) is 13.2 Å². The van der Waals surface area contributed by atoms with Gasteiger partial charge >= 0.3 is 6.09 Å². The number of hydrogen-bond donors (Lipinski definition) is 3. The lowest BCUT2D eigenvalue weighted by Gasteiger charge is -2.06. The van der Waals surface area contributed by atoms with Crippen LogP contribution in [0.1, 0.15) is 5.56 Å². The van der Waals surface area contributed by atoms with Crippen molar-refractivity contribution in [2.45, 2.75) is 6.61 Å². The fraction of sp³-hybridized carbons (Fsp3) is 0.300. The molecule has 0 fully saturated rings. The smallest absolute Gasteiger partial charge is 0.404 e. The van der Waals surface area contributed by atoms with E-state index in [2.05, 4.69) is 5.32 Å². The van der Waals surface area contributed by atoms with Crippen molar-refractivity contribution >= 4 is 6.09 Å². The predicted octanol–water partition coefficient (Wildman–Crippen LogP) is 0.825. The van der Waals surface area contributed by atoms with Crippen LogP contribution in [-0.4, -0.2) is 29.5 Å². The van der Waals surface area contributed by atoms with E-state index in [4.69, 9.17) is 14.9 Å². The number of carbonyl (C=O) groups is 1. The zero-order chi connectivity index (χ0) is 11.1. The Hall–Kier alpha value is -1.75. The van der Waals surface area contributed by atoms with Crippen LogP contribution in [0.3, 0.4) is 0 Å². The fourth-order valence-electron chi connectivity index (χ4n) is 1.06. The standard InChI is InChI=1S/C10H13NO4/c12-7-8-2-1-3-9(6-8)15-5-4-11-10(13)14/h1-3,6,11-12H,4-5,7H2,(H,13,14). The number of aliphatic hydroxyl groups excluding tert-OH is 1. The Balaban J connectivity index is 2.33. The Morgan fingerprint density at radius 2 is 2.27 bits per heavy atom. The van der Waals surface area contributed by atoms with Gasteiger partial charge < -0.3 is 20.3 Å². The quantitative estimate of drug-likeness (QED) is 0.630. The highest BCUT2D eigenvalue weighted by Gasteiger charge is 1.97. The summed E-state index contributed by atoms with van der Waals surface area (Å²) in [6.07, 6.45) is -1.07. The summed E-state index contributed by atoms with van der Waals surface area (Å²) < 4.78 is 5.26. The van der Waals surface area contributed by atoms with E-state index in [0.717, 1.165) is 5.56 Å². The molecule has 0 spiro atoms. The molecule has 82 valence electrons. The molecule has 5 heteroatoms. The normalized spacial score (nSPS) is 9.67. The number of amides is 1. The topological polar surface area (TPSA) is 78.8 Å². The summed E-state index contributed by atoms with van der Waals surface area (Å²) in [5.74, 6) is 0.619. The summed E-state index contributed by atoms with van der Waals surface area (Å²) in [6.45, 7) is 0.463. The molecule has 0 aliphatic carbocycles. The molecule has 0 heterocycles. The molecule has 15 heavy (non-hydrogen) atoms. The van der Waals surface area contributed by atoms with E-state index in [9.17, 15) is 4.79 Å². The zero-order valence-electron chi connectivity index (χ0n) is 8.14. The second-order valence-electron chi connectivity index (χ2n) is 2.89. The van der Waals surface area contributed by atoms with Crippen molar-refractivity contribution in [1.29, 1.82) is 0 Å². The zero-order valence-corrected chi connectivity index (χ0v) is 8.14. The third-order valence-electron chi connectivity index (χ3n) is 1.73. The maximum absolute atomic E-state index is 10.1. The van der Waals surface area contributed by atoms with Gasteiger partial charge in [-0.3, -0.25) is 0 Å². The molecule has 0 bridgehead atoms. The molecule has 0 saturated carbocycles. The van der Waals surface area contributed by atoms with Crippen LogP contribution in [-0.2, 0) is 6.61 Å². The minimum absolute atomic E-state index is 0.0371. The number of benzene rings is 1. The lowest BCUT2D eigenvalue weighted by atomic mass is 10.2. The first-order valence-electron chi connectivity index (χ1n) is 4.52. The molecular formula is C10H13NO4. The van der Waals surface area contributed by atoms with Crippen LogP contribution < -0.4 is 10.1 Å². The first-order chi connectivity index (χ1) is 7.22. The van der Waals surface area contributed by atoms with Crippen molar-refractivity contribution in [2.24, 2.45) is 0 Å². The third-order valence-corrected chi connectivity index (χ3v) is 1.73. The molecule has 1 aromatic carbocycles. The predicted molar refractivity (Wildman–Crippen MR) is 53.9 cm³/mol. The monoisotopic (exact) mass is 211 g/mol. The highest BCUT2D eigenvalue weighted by Crippen LogP contribution is 2.12. The minimum Gasteiger partial charge on any atom is -0.492 e. The summed E-state index contributed by atoms with van der Waals surface area (Å²) in [5.41, 5.74) is 0.763. The fourth-order valence-corrected chi connectivity index (χ4v) is 1.06. The Morgan fingerprint density at radius 1 is 1.47 bits per heavy atom. The first-order valence-corrected chi connectivity index (χ1v) is 4.52. The van der Waals surface area contributed by atoms with Gasteiger partial charge in [-0.25, -0.2) is 4.79 Å². The van der Waals surface area contributed by atoms with E-state index >= 15 is 0 Å². The highest BCUT2D eigenvalue weighted by molar-refractivity contribution is 5.64. The highest BCUT2D eigenvalue weighted by atomic mass is 16.5. The molecule has 5 nitrogen and oxygen atoms in total. The Bertz CT molecular complexity index is 327. The van der Waals surface area contributed by atoms with Crippen LogP contribution in [0, 0.1) is 0 Å². The van der Waals surface area contributed by atoms with Gasteiger partial charge in [0, 0.05) is 0 Å². The summed E-state index contributed by atoms with van der Waals surface area (Å²) in [5, 5.41) is 19.3. The second-order valence-corrected chi connectivity index (χ2v) is 2.89. The number of hydrogen-bond acceptors (Lipinski definition) is 3. The Kier molecular flexibility index (Phi) is 4.43. The van der Waals surface area contributed by atoms with Crippen molar-refractivity contribution in [3.05, 3.63) is 29.8 Å². The molecular weight excluding hydrogens is 198 g/mol. The van der Waals surface area contributed by atoms with Crippen molar-refractivity contribution in [1.82, 2.24) is 5.32 Å². The van der Waals surface area contributed by atoms with Crippen LogP contribution in [0.15, 0.2) is 24.3 Å². The van der Waals surface area contributed by atoms with E-state index in [0.29, 0.717) is 5.75 Å². The molecule has 0 aliphatic rings. The average Bonchev–Trinajstić information content (AvgIpc) is 2.24. The van der Waals surface area contributed by atoms with Gasteiger partial charge in [-0.05, 0) is 17.7 Å². The minimum atomic E-state index is -1.07. The van der Waals surface area contributed by atoms with Crippen LogP contribution in [0.2, 0.25) is 0 Å². The van der Waals surface area contributed by atoms with E-state index in [1.165, 1.54) is 0 Å². The summed E-state index contributed by atoms with van der Waals surface area (Å²) in [4.78, 5) is 10.1. The van der Waals surface area contributed by atoms with Gasteiger partial charge in [0.2, 0.25) is 0 Å². The molecule has 0 aromatic heterocycles. The van der Waals surface area contributed by atoms with Gasteiger partial charge in [-0.15, -0.1) is 0 Å². The van der Waals surface area contributed by atoms with Crippen LogP contribution in [0.25, 0.3) is 0 Å². The Morgan fingerprint density at radius 3 is 2.93 bits per heavy atom. The SMILES string of the molecule is O=C(O)NCCOc1cccc(CO)c1. The van der Waals surface area contributed by atoms with Crippen LogP contribution >= 0.6 is 0 Å². The molecule has 1 aromatic rings. The van der Waals surface area contributed by atoms with Crippen molar-refractivity contribution in [3.8, 4) is 5.75 Å². The lowest BCUT2D eigenvalue weighted by Crippen LogP contribution is -2.26. The van der Waals surface area contributed by atoms with Gasteiger partial charge in [-0.1, -0.05) is 12.1 Å². The van der Waals surface area contributed by atoms with Crippen molar-refractivity contribution in [3.63, 3.8) is 0 Å². The molecule has 1 amide bonds. The van der Waals surface area contributed by atoms with Crippen molar-refractivity contribution < 1.29 is 19.7 Å². The van der Waals surface area contributed by atoms with Gasteiger partial charge in [0.15, 0.2) is 0 Å². The van der Waals surface area contributed by atoms with Crippen molar-refractivity contribution in [2.75, 3.05) is 13.2 Å². The second kappa shape index (κ2) is 5.87. The molecule has 0 unspecified atom stereocenters. The molecule has 0 saturated heterocycles. The van der Waals surface area contributed by atoms with E-state index < -0.39 is 6.09 Å². The summed E-state index contributed by atoms with van der Waals surface area (Å²) in [7, 11) is 0. The van der Waals surface area contributed by atoms with Crippen LogP contribution in [0.4, 0.5) is 4.79 Å². The summed E-state index contributed by atoms with van der Waals surface area (Å²) >= 11 is 0. The number of nitrogens with one attached hydrogen (secondary N) is 1. The molecule has 1 rings (SSSR count). The number of rotatable bonds is 5. The largest absolute Gasteiger partial charge is 0.492 e. The third kappa shape index (κ3) is 4.33. The molecule has 0 aliphatic heterocycles. The van der Waals surface area contributed by atoms with E-state index in [-0.39, 0.29) is 19.8 Å². The van der Waals surface area contributed by atoms with E-state index in [1.54, 1.807) is 24.3 Å². The maximum atomic E-state index is 10.1. The number of carboxylic acid groups (broad SMARTS) is 1. The molecule has 3 N–H and O–H groups in total. The molecule has 0 radical (unpaired) electrons. The maximum Gasteiger partial charge on any atom is 0.404 e. The van der Waals surface area contributed by atoms with Gasteiger partial charge in [0.1, 0.15) is 12.4 Å². The average molecular weight is 211 g/mol. The van der Waals surface area contributed by atoms with Gasteiger partial charge in [-0.2, -0.15) is 0 Å². The Labute approximate surface area is 87.3 Å². The van der Waals surface area contributed by atoms with Gasteiger partial charge in [0.25, 0.3) is 0 Å². The van der Waals surface area contributed by atoms with E-state index in [1.807, 2.05) is 0 Å². The number of ether oxygens (including phenoxy) is 1. The van der Waals surface area contributed by atoms with Crippen LogP contribution in [0.5, 0.6) is 5.75 Å². The molecule has 0 atom stereocenters.